The van der Waals surface area contributed by atoms with Crippen molar-refractivity contribution < 1.29 is 19.1 Å². The van der Waals surface area contributed by atoms with E-state index in [1.165, 1.54) is 25.3 Å². The molecule has 0 aliphatic rings. The molecule has 1 aromatic rings. The summed E-state index contributed by atoms with van der Waals surface area (Å²) >= 11 is 3.08. The van der Waals surface area contributed by atoms with Crippen LogP contribution in [0.5, 0.6) is 0 Å². The fraction of sp³-hybridized carbons (Fsp3) is 0.357. The van der Waals surface area contributed by atoms with Crippen LogP contribution in [0, 0.1) is 5.92 Å². The van der Waals surface area contributed by atoms with Gasteiger partial charge in [0.15, 0.2) is 5.78 Å². The van der Waals surface area contributed by atoms with Gasteiger partial charge in [-0.25, -0.2) is 4.79 Å². The van der Waals surface area contributed by atoms with Crippen LogP contribution in [0.1, 0.15) is 34.6 Å². The van der Waals surface area contributed by atoms with Gasteiger partial charge >= 0.3 is 5.97 Å². The molecular weight excluding hydrogens is 326 g/mol. The van der Waals surface area contributed by atoms with Gasteiger partial charge in [-0.2, -0.15) is 0 Å². The maximum atomic E-state index is 11.7. The highest BCUT2D eigenvalue weighted by molar-refractivity contribution is 9.09. The van der Waals surface area contributed by atoms with E-state index in [-0.39, 0.29) is 28.5 Å². The highest BCUT2D eigenvalue weighted by atomic mass is 79.9. The van der Waals surface area contributed by atoms with Crippen molar-refractivity contribution in [3.05, 3.63) is 29.3 Å². The van der Waals surface area contributed by atoms with E-state index >= 15 is 0 Å². The van der Waals surface area contributed by atoms with Crippen molar-refractivity contribution in [1.29, 1.82) is 0 Å². The molecule has 1 amide bonds. The first-order chi connectivity index (χ1) is 9.38. The van der Waals surface area contributed by atoms with Crippen LogP contribution in [0.4, 0.5) is 5.69 Å². The SMILES string of the molecule is COC(=O)c1cc(NC(=O)C(C)C)cc(C(=O)CBr)c1. The van der Waals surface area contributed by atoms with Gasteiger partial charge in [0.2, 0.25) is 5.91 Å². The van der Waals surface area contributed by atoms with E-state index in [1.807, 2.05) is 0 Å². The zero-order valence-corrected chi connectivity index (χ0v) is 13.1. The number of hydrogen-bond donors (Lipinski definition) is 1. The maximum Gasteiger partial charge on any atom is 0.337 e. The van der Waals surface area contributed by atoms with Crippen LogP contribution in [-0.4, -0.2) is 30.1 Å². The van der Waals surface area contributed by atoms with Crippen molar-refractivity contribution in [3.8, 4) is 0 Å². The van der Waals surface area contributed by atoms with E-state index in [2.05, 4.69) is 26.0 Å². The van der Waals surface area contributed by atoms with Gasteiger partial charge in [-0.05, 0) is 18.2 Å². The average Bonchev–Trinajstić information content (AvgIpc) is 2.44. The first-order valence-electron chi connectivity index (χ1n) is 6.02. The summed E-state index contributed by atoms with van der Waals surface area (Å²) in [7, 11) is 1.26. The molecule has 5 nitrogen and oxygen atoms in total. The Labute approximate surface area is 125 Å². The van der Waals surface area contributed by atoms with Gasteiger partial charge in [0, 0.05) is 17.2 Å². The predicted octanol–water partition coefficient (Wildman–Crippen LogP) is 2.65. The minimum atomic E-state index is -0.561. The first-order valence-corrected chi connectivity index (χ1v) is 7.14. The van der Waals surface area contributed by atoms with Crippen LogP contribution in [-0.2, 0) is 9.53 Å². The molecule has 0 spiro atoms. The standard InChI is InChI=1S/C14H16BrNO4/c1-8(2)13(18)16-11-5-9(12(17)7-15)4-10(6-11)14(19)20-3/h4-6,8H,7H2,1-3H3,(H,16,18). The molecule has 1 aromatic carbocycles. The third kappa shape index (κ3) is 4.16. The summed E-state index contributed by atoms with van der Waals surface area (Å²) < 4.78 is 4.64. The Kier molecular flexibility index (Phi) is 5.88. The Morgan fingerprint density at radius 3 is 2.30 bits per heavy atom. The summed E-state index contributed by atoms with van der Waals surface area (Å²) in [6.07, 6.45) is 0. The number of anilines is 1. The Hall–Kier alpha value is -1.69. The molecule has 0 aromatic heterocycles. The fourth-order valence-electron chi connectivity index (χ4n) is 1.46. The van der Waals surface area contributed by atoms with E-state index in [4.69, 9.17) is 0 Å². The summed E-state index contributed by atoms with van der Waals surface area (Å²) in [6.45, 7) is 3.51. The molecule has 0 atom stereocenters. The second-order valence-corrected chi connectivity index (χ2v) is 5.05. The Morgan fingerprint density at radius 2 is 1.80 bits per heavy atom. The van der Waals surface area contributed by atoms with Crippen molar-refractivity contribution in [2.75, 3.05) is 17.8 Å². The second kappa shape index (κ2) is 7.19. The Morgan fingerprint density at radius 1 is 1.20 bits per heavy atom. The van der Waals surface area contributed by atoms with Crippen LogP contribution < -0.4 is 5.32 Å². The minimum absolute atomic E-state index is 0.134. The lowest BCUT2D eigenvalue weighted by Gasteiger charge is -2.11. The number of halogens is 1. The number of hydrogen-bond acceptors (Lipinski definition) is 4. The van der Waals surface area contributed by atoms with Crippen molar-refractivity contribution in [1.82, 2.24) is 0 Å². The quantitative estimate of drug-likeness (QED) is 0.507. The molecular formula is C14H16BrNO4. The number of carbonyl (C=O) groups excluding carboxylic acids is 3. The van der Waals surface area contributed by atoms with Gasteiger partial charge in [0.25, 0.3) is 0 Å². The van der Waals surface area contributed by atoms with E-state index in [0.29, 0.717) is 11.3 Å². The van der Waals surface area contributed by atoms with E-state index in [0.717, 1.165) is 0 Å². The van der Waals surface area contributed by atoms with E-state index < -0.39 is 5.97 Å². The lowest BCUT2D eigenvalue weighted by molar-refractivity contribution is -0.118. The number of alkyl halides is 1. The van der Waals surface area contributed by atoms with E-state index in [1.54, 1.807) is 13.8 Å². The van der Waals surface area contributed by atoms with E-state index in [9.17, 15) is 14.4 Å². The number of methoxy groups -OCH3 is 1. The molecule has 1 N–H and O–H groups in total. The molecule has 108 valence electrons. The number of Topliss-reactive ketones (excluding diaryl/α,β-unsaturated/α-hetero) is 1. The summed E-state index contributed by atoms with van der Waals surface area (Å²) in [5, 5.41) is 2.80. The van der Waals surface area contributed by atoms with Gasteiger partial charge < -0.3 is 10.1 Å². The smallest absolute Gasteiger partial charge is 0.337 e. The van der Waals surface area contributed by atoms with Crippen LogP contribution in [0.25, 0.3) is 0 Å². The Bertz CT molecular complexity index is 506. The number of ether oxygens (including phenoxy) is 1. The number of carbonyl (C=O) groups is 3. The number of esters is 1. The molecule has 0 unspecified atom stereocenters. The fourth-order valence-corrected chi connectivity index (χ4v) is 1.78. The van der Waals surface area contributed by atoms with Crippen molar-refractivity contribution in [3.63, 3.8) is 0 Å². The summed E-state index contributed by atoms with van der Waals surface area (Å²) in [5.41, 5.74) is 0.957. The molecule has 0 bridgehead atoms. The highest BCUT2D eigenvalue weighted by Crippen LogP contribution is 2.18. The molecule has 6 heteroatoms. The number of nitrogens with one attached hydrogen (secondary N) is 1. The number of rotatable bonds is 5. The summed E-state index contributed by atoms with van der Waals surface area (Å²) in [5.74, 6) is -1.14. The number of ketones is 1. The Balaban J connectivity index is 3.19. The van der Waals surface area contributed by atoms with Gasteiger partial charge in [-0.3, -0.25) is 9.59 Å². The zero-order valence-electron chi connectivity index (χ0n) is 11.5. The summed E-state index contributed by atoms with van der Waals surface area (Å²) in [6, 6.07) is 4.47. The normalized spacial score (nSPS) is 10.2. The molecule has 0 fully saturated rings. The molecule has 1 rings (SSSR count). The van der Waals surface area contributed by atoms with Gasteiger partial charge in [0.05, 0.1) is 18.0 Å². The molecule has 0 saturated heterocycles. The van der Waals surface area contributed by atoms with Crippen molar-refractivity contribution >= 4 is 39.3 Å². The predicted molar refractivity (Wildman–Crippen MR) is 79.4 cm³/mol. The molecule has 0 aliphatic heterocycles. The van der Waals surface area contributed by atoms with Crippen LogP contribution in [0.15, 0.2) is 18.2 Å². The second-order valence-electron chi connectivity index (χ2n) is 4.49. The minimum Gasteiger partial charge on any atom is -0.465 e. The molecule has 0 radical (unpaired) electrons. The number of benzene rings is 1. The molecule has 0 heterocycles. The summed E-state index contributed by atoms with van der Waals surface area (Å²) in [4.78, 5) is 35.0. The van der Waals surface area contributed by atoms with Crippen LogP contribution in [0.3, 0.4) is 0 Å². The zero-order chi connectivity index (χ0) is 15.3. The monoisotopic (exact) mass is 341 g/mol. The highest BCUT2D eigenvalue weighted by Gasteiger charge is 2.15. The third-order valence-corrected chi connectivity index (χ3v) is 3.10. The molecule has 0 saturated carbocycles. The molecule has 0 aliphatic carbocycles. The van der Waals surface area contributed by atoms with Crippen LogP contribution in [0.2, 0.25) is 0 Å². The lowest BCUT2D eigenvalue weighted by Crippen LogP contribution is -2.18. The first kappa shape index (κ1) is 16.4. The maximum absolute atomic E-state index is 11.7. The van der Waals surface area contributed by atoms with Crippen molar-refractivity contribution in [2.45, 2.75) is 13.8 Å². The molecule has 20 heavy (non-hydrogen) atoms. The van der Waals surface area contributed by atoms with Crippen LogP contribution >= 0.6 is 15.9 Å². The van der Waals surface area contributed by atoms with Crippen molar-refractivity contribution in [2.24, 2.45) is 5.92 Å². The topological polar surface area (TPSA) is 72.5 Å². The van der Waals surface area contributed by atoms with Gasteiger partial charge in [-0.15, -0.1) is 0 Å². The lowest BCUT2D eigenvalue weighted by atomic mass is 10.1. The average molecular weight is 342 g/mol. The largest absolute Gasteiger partial charge is 0.465 e. The van der Waals surface area contributed by atoms with Gasteiger partial charge in [0.1, 0.15) is 0 Å². The number of amides is 1. The van der Waals surface area contributed by atoms with Gasteiger partial charge in [-0.1, -0.05) is 29.8 Å². The third-order valence-electron chi connectivity index (χ3n) is 2.59.